The van der Waals surface area contributed by atoms with Crippen molar-refractivity contribution in [2.75, 3.05) is 11.1 Å². The summed E-state index contributed by atoms with van der Waals surface area (Å²) in [5, 5.41) is 12.3. The van der Waals surface area contributed by atoms with Crippen molar-refractivity contribution >= 4 is 23.4 Å². The highest BCUT2D eigenvalue weighted by molar-refractivity contribution is 7.99. The molecule has 0 spiro atoms. The van der Waals surface area contributed by atoms with Gasteiger partial charge in [-0.25, -0.2) is 0 Å². The second-order valence-electron chi connectivity index (χ2n) is 6.09. The highest BCUT2D eigenvalue weighted by Gasteiger charge is 2.15. The molecule has 3 rings (SSSR count). The third kappa shape index (κ3) is 4.36. The summed E-state index contributed by atoms with van der Waals surface area (Å²) in [5.41, 5.74) is 4.04. The smallest absolute Gasteiger partial charge is 0.234 e. The van der Waals surface area contributed by atoms with Crippen molar-refractivity contribution in [1.82, 2.24) is 19.7 Å². The molecule has 3 aromatic rings. The average molecular weight is 382 g/mol. The van der Waals surface area contributed by atoms with Gasteiger partial charge in [-0.05, 0) is 43.5 Å². The minimum Gasteiger partial charge on any atom is -0.325 e. The van der Waals surface area contributed by atoms with Gasteiger partial charge in [0, 0.05) is 30.2 Å². The number of nitrogens with one attached hydrogen (secondary N) is 1. The van der Waals surface area contributed by atoms with Crippen LogP contribution in [0.25, 0.3) is 11.4 Å². The topological polar surface area (TPSA) is 72.7 Å². The zero-order valence-electron chi connectivity index (χ0n) is 15.8. The van der Waals surface area contributed by atoms with Gasteiger partial charge in [0.25, 0.3) is 0 Å². The van der Waals surface area contributed by atoms with Crippen LogP contribution in [0.15, 0.2) is 47.9 Å². The highest BCUT2D eigenvalue weighted by Crippen LogP contribution is 2.25. The Morgan fingerprint density at radius 3 is 2.74 bits per heavy atom. The van der Waals surface area contributed by atoms with Crippen molar-refractivity contribution in [2.45, 2.75) is 38.9 Å². The SMILES string of the molecule is CCc1cccc(C)c1NC(=O)CSc1nnc(-c2cccnc2)n1CC. The summed E-state index contributed by atoms with van der Waals surface area (Å²) in [7, 11) is 0. The molecule has 7 heteroatoms. The molecule has 27 heavy (non-hydrogen) atoms. The van der Waals surface area contributed by atoms with Crippen molar-refractivity contribution in [1.29, 1.82) is 0 Å². The van der Waals surface area contributed by atoms with E-state index in [-0.39, 0.29) is 11.7 Å². The molecule has 0 aliphatic rings. The summed E-state index contributed by atoms with van der Waals surface area (Å²) < 4.78 is 2.00. The summed E-state index contributed by atoms with van der Waals surface area (Å²) in [6.45, 7) is 6.85. The Balaban J connectivity index is 1.71. The number of benzene rings is 1. The third-order valence-corrected chi connectivity index (χ3v) is 5.26. The molecule has 1 aromatic carbocycles. The van der Waals surface area contributed by atoms with Crippen molar-refractivity contribution in [3.8, 4) is 11.4 Å². The number of amides is 1. The molecular weight excluding hydrogens is 358 g/mol. The standard InChI is InChI=1S/C20H23N5OS/c1-4-15-9-6-8-14(3)18(15)22-17(26)13-27-20-24-23-19(25(20)5-2)16-10-7-11-21-12-16/h6-12H,4-5,13H2,1-3H3,(H,22,26). The molecule has 0 radical (unpaired) electrons. The molecule has 2 heterocycles. The Labute approximate surface area is 163 Å². The monoisotopic (exact) mass is 381 g/mol. The zero-order valence-corrected chi connectivity index (χ0v) is 16.6. The fourth-order valence-corrected chi connectivity index (χ4v) is 3.70. The van der Waals surface area contributed by atoms with Gasteiger partial charge < -0.3 is 9.88 Å². The lowest BCUT2D eigenvalue weighted by Gasteiger charge is -2.13. The molecule has 6 nitrogen and oxygen atoms in total. The van der Waals surface area contributed by atoms with Gasteiger partial charge in [-0.1, -0.05) is 36.9 Å². The van der Waals surface area contributed by atoms with Crippen LogP contribution < -0.4 is 5.32 Å². The van der Waals surface area contributed by atoms with E-state index >= 15 is 0 Å². The molecule has 1 N–H and O–H groups in total. The van der Waals surface area contributed by atoms with E-state index in [1.54, 1.807) is 12.4 Å². The van der Waals surface area contributed by atoms with E-state index in [4.69, 9.17) is 0 Å². The molecule has 140 valence electrons. The molecule has 1 amide bonds. The lowest BCUT2D eigenvalue weighted by atomic mass is 10.1. The molecule has 2 aromatic heterocycles. The van der Waals surface area contributed by atoms with Gasteiger partial charge in [0.2, 0.25) is 5.91 Å². The van der Waals surface area contributed by atoms with E-state index in [1.165, 1.54) is 11.8 Å². The number of nitrogens with zero attached hydrogens (tertiary/aromatic N) is 4. The van der Waals surface area contributed by atoms with Gasteiger partial charge in [0.1, 0.15) is 0 Å². The van der Waals surface area contributed by atoms with Crippen LogP contribution in [0.4, 0.5) is 5.69 Å². The number of carbonyl (C=O) groups is 1. The summed E-state index contributed by atoms with van der Waals surface area (Å²) in [6.07, 6.45) is 4.37. The number of rotatable bonds is 7. The number of para-hydroxylation sites is 1. The van der Waals surface area contributed by atoms with Crippen LogP contribution in [-0.4, -0.2) is 31.4 Å². The van der Waals surface area contributed by atoms with Crippen LogP contribution in [0.2, 0.25) is 0 Å². The van der Waals surface area contributed by atoms with E-state index < -0.39 is 0 Å². The van der Waals surface area contributed by atoms with E-state index in [9.17, 15) is 4.79 Å². The number of aryl methyl sites for hydroxylation is 2. The summed E-state index contributed by atoms with van der Waals surface area (Å²) in [5.74, 6) is 1.00. The number of pyridine rings is 1. The number of anilines is 1. The van der Waals surface area contributed by atoms with Gasteiger partial charge in [-0.3, -0.25) is 9.78 Å². The minimum absolute atomic E-state index is 0.0439. The molecule has 0 aliphatic carbocycles. The number of hydrogen-bond acceptors (Lipinski definition) is 5. The molecule has 0 fully saturated rings. The summed E-state index contributed by atoms with van der Waals surface area (Å²) in [4.78, 5) is 16.6. The Bertz CT molecular complexity index is 923. The van der Waals surface area contributed by atoms with Crippen LogP contribution in [-0.2, 0) is 17.8 Å². The van der Waals surface area contributed by atoms with Crippen LogP contribution in [0.5, 0.6) is 0 Å². The van der Waals surface area contributed by atoms with Crippen LogP contribution >= 0.6 is 11.8 Å². The highest BCUT2D eigenvalue weighted by atomic mass is 32.2. The van der Waals surface area contributed by atoms with Gasteiger partial charge >= 0.3 is 0 Å². The number of thioether (sulfide) groups is 1. The normalized spacial score (nSPS) is 10.8. The average Bonchev–Trinajstić information content (AvgIpc) is 3.11. The Hall–Kier alpha value is -2.67. The van der Waals surface area contributed by atoms with E-state index in [2.05, 4.69) is 27.4 Å². The van der Waals surface area contributed by atoms with Crippen LogP contribution in [0.3, 0.4) is 0 Å². The maximum Gasteiger partial charge on any atom is 0.234 e. The Morgan fingerprint density at radius 1 is 1.19 bits per heavy atom. The first-order chi connectivity index (χ1) is 13.1. The first kappa shape index (κ1) is 19.1. The van der Waals surface area contributed by atoms with Gasteiger partial charge in [0.05, 0.1) is 5.75 Å². The Morgan fingerprint density at radius 2 is 2.04 bits per heavy atom. The second kappa shape index (κ2) is 8.81. The molecule has 0 saturated heterocycles. The summed E-state index contributed by atoms with van der Waals surface area (Å²) in [6, 6.07) is 9.90. The second-order valence-corrected chi connectivity index (χ2v) is 7.03. The van der Waals surface area contributed by atoms with Crippen LogP contribution in [0.1, 0.15) is 25.0 Å². The summed E-state index contributed by atoms with van der Waals surface area (Å²) >= 11 is 1.39. The number of aromatic nitrogens is 4. The van der Waals surface area contributed by atoms with Crippen molar-refractivity contribution in [3.05, 3.63) is 53.9 Å². The van der Waals surface area contributed by atoms with Gasteiger partial charge in [0.15, 0.2) is 11.0 Å². The maximum atomic E-state index is 12.5. The number of carbonyl (C=O) groups excluding carboxylic acids is 1. The lowest BCUT2D eigenvalue weighted by Crippen LogP contribution is -2.16. The van der Waals surface area contributed by atoms with Crippen molar-refractivity contribution < 1.29 is 4.79 Å². The molecule has 0 atom stereocenters. The van der Waals surface area contributed by atoms with E-state index in [1.807, 2.05) is 48.7 Å². The zero-order chi connectivity index (χ0) is 19.2. The maximum absolute atomic E-state index is 12.5. The minimum atomic E-state index is -0.0439. The van der Waals surface area contributed by atoms with Gasteiger partial charge in [-0.15, -0.1) is 10.2 Å². The molecular formula is C20H23N5OS. The Kier molecular flexibility index (Phi) is 6.24. The van der Waals surface area contributed by atoms with E-state index in [0.29, 0.717) is 0 Å². The lowest BCUT2D eigenvalue weighted by molar-refractivity contribution is -0.113. The molecule has 0 bridgehead atoms. The fraction of sp³-hybridized carbons (Fsp3) is 0.300. The van der Waals surface area contributed by atoms with E-state index in [0.717, 1.165) is 46.3 Å². The predicted molar refractivity (Wildman–Crippen MR) is 109 cm³/mol. The number of hydrogen-bond donors (Lipinski definition) is 1. The van der Waals surface area contributed by atoms with Crippen LogP contribution in [0, 0.1) is 6.92 Å². The largest absolute Gasteiger partial charge is 0.325 e. The van der Waals surface area contributed by atoms with Crippen molar-refractivity contribution in [3.63, 3.8) is 0 Å². The third-order valence-electron chi connectivity index (χ3n) is 4.29. The van der Waals surface area contributed by atoms with Gasteiger partial charge in [-0.2, -0.15) is 0 Å². The van der Waals surface area contributed by atoms with Crippen molar-refractivity contribution in [2.24, 2.45) is 0 Å². The molecule has 0 saturated carbocycles. The quantitative estimate of drug-likeness (QED) is 0.627. The molecule has 0 unspecified atom stereocenters. The first-order valence-electron chi connectivity index (χ1n) is 8.98. The first-order valence-corrected chi connectivity index (χ1v) is 9.97. The predicted octanol–water partition coefficient (Wildman–Crippen LogP) is 3.96. The fourth-order valence-electron chi connectivity index (χ4n) is 2.90. The molecule has 0 aliphatic heterocycles.